The molecule has 0 saturated carbocycles. The van der Waals surface area contributed by atoms with Gasteiger partial charge in [0, 0.05) is 31.5 Å². The third-order valence-electron chi connectivity index (χ3n) is 4.20. The smallest absolute Gasteiger partial charge is 0.123 e. The lowest BCUT2D eigenvalue weighted by Gasteiger charge is -2.38. The first-order valence-corrected chi connectivity index (χ1v) is 7.83. The van der Waals surface area contributed by atoms with Gasteiger partial charge in [-0.15, -0.1) is 5.10 Å². The van der Waals surface area contributed by atoms with Crippen LogP contribution in [-0.4, -0.2) is 43.1 Å². The summed E-state index contributed by atoms with van der Waals surface area (Å²) in [5.41, 5.74) is 0.933. The Bertz CT molecular complexity index is 612. The van der Waals surface area contributed by atoms with Crippen LogP contribution in [0.3, 0.4) is 0 Å². The number of β-amino-alcohol motifs (C(OH)–C–C–N with tert-alkyl or cyclic N) is 1. The minimum Gasteiger partial charge on any atom is -0.382 e. The van der Waals surface area contributed by atoms with Crippen molar-refractivity contribution in [1.82, 2.24) is 24.9 Å². The Balaban J connectivity index is 1.73. The van der Waals surface area contributed by atoms with E-state index in [1.54, 1.807) is 10.9 Å². The lowest BCUT2D eigenvalue weighted by molar-refractivity contribution is -0.0414. The Morgan fingerprint density at radius 1 is 1.41 bits per heavy atom. The third kappa shape index (κ3) is 3.18. The SMILES string of the molecule is CC(C)n1cc(C2(O)CCCN(Cc3cccnc3)C2)nn1. The standard InChI is InChI=1S/C16H23N5O/c1-13(2)21-11-15(18-19-21)16(22)6-4-8-20(12-16)10-14-5-3-7-17-9-14/h3,5,7,9,11,13,22H,4,6,8,10,12H2,1-2H3. The van der Waals surface area contributed by atoms with Gasteiger partial charge in [0.25, 0.3) is 0 Å². The van der Waals surface area contributed by atoms with Crippen molar-refractivity contribution in [3.05, 3.63) is 42.0 Å². The van der Waals surface area contributed by atoms with Crippen molar-refractivity contribution < 1.29 is 5.11 Å². The zero-order valence-corrected chi connectivity index (χ0v) is 13.2. The molecular formula is C16H23N5O. The van der Waals surface area contributed by atoms with E-state index in [4.69, 9.17) is 0 Å². The van der Waals surface area contributed by atoms with Gasteiger partial charge in [0.05, 0.1) is 6.20 Å². The van der Waals surface area contributed by atoms with Gasteiger partial charge in [-0.25, -0.2) is 4.68 Å². The highest BCUT2D eigenvalue weighted by Gasteiger charge is 2.37. The summed E-state index contributed by atoms with van der Waals surface area (Å²) in [6.45, 7) is 6.47. The molecule has 0 spiro atoms. The van der Waals surface area contributed by atoms with Crippen molar-refractivity contribution in [3.63, 3.8) is 0 Å². The molecule has 1 N–H and O–H groups in total. The van der Waals surface area contributed by atoms with E-state index >= 15 is 0 Å². The van der Waals surface area contributed by atoms with E-state index in [1.807, 2.05) is 18.5 Å². The Morgan fingerprint density at radius 3 is 2.95 bits per heavy atom. The second-order valence-corrected chi connectivity index (χ2v) is 6.38. The van der Waals surface area contributed by atoms with Crippen molar-refractivity contribution in [1.29, 1.82) is 0 Å². The molecule has 1 aliphatic rings. The summed E-state index contributed by atoms with van der Waals surface area (Å²) in [5, 5.41) is 19.3. The Hall–Kier alpha value is -1.79. The van der Waals surface area contributed by atoms with Crippen LogP contribution in [0.15, 0.2) is 30.7 Å². The van der Waals surface area contributed by atoms with E-state index < -0.39 is 5.60 Å². The van der Waals surface area contributed by atoms with Gasteiger partial charge < -0.3 is 5.11 Å². The number of aromatic nitrogens is 4. The molecule has 6 nitrogen and oxygen atoms in total. The maximum Gasteiger partial charge on any atom is 0.123 e. The lowest BCUT2D eigenvalue weighted by atomic mass is 9.90. The Labute approximate surface area is 130 Å². The predicted molar refractivity (Wildman–Crippen MR) is 83.1 cm³/mol. The van der Waals surface area contributed by atoms with E-state index in [-0.39, 0.29) is 6.04 Å². The number of pyridine rings is 1. The molecule has 1 saturated heterocycles. The van der Waals surface area contributed by atoms with Crippen LogP contribution in [0, 0.1) is 0 Å². The van der Waals surface area contributed by atoms with Gasteiger partial charge in [0.1, 0.15) is 11.3 Å². The van der Waals surface area contributed by atoms with Gasteiger partial charge in [-0.1, -0.05) is 11.3 Å². The van der Waals surface area contributed by atoms with Gasteiger partial charge >= 0.3 is 0 Å². The number of hydrogen-bond acceptors (Lipinski definition) is 5. The number of aliphatic hydroxyl groups is 1. The van der Waals surface area contributed by atoms with Crippen molar-refractivity contribution >= 4 is 0 Å². The van der Waals surface area contributed by atoms with Crippen molar-refractivity contribution in [2.45, 2.75) is 44.9 Å². The molecule has 0 radical (unpaired) electrons. The van der Waals surface area contributed by atoms with Crippen LogP contribution in [0.5, 0.6) is 0 Å². The predicted octanol–water partition coefficient (Wildman–Crippen LogP) is 1.74. The molecule has 1 aliphatic heterocycles. The van der Waals surface area contributed by atoms with Crippen LogP contribution in [0.25, 0.3) is 0 Å². The highest BCUT2D eigenvalue weighted by Crippen LogP contribution is 2.31. The maximum atomic E-state index is 11.0. The molecule has 2 aromatic heterocycles. The third-order valence-corrected chi connectivity index (χ3v) is 4.20. The van der Waals surface area contributed by atoms with Crippen molar-refractivity contribution in [2.24, 2.45) is 0 Å². The fraction of sp³-hybridized carbons (Fsp3) is 0.562. The normalized spacial score (nSPS) is 23.1. The molecule has 2 aromatic rings. The lowest BCUT2D eigenvalue weighted by Crippen LogP contribution is -2.45. The second-order valence-electron chi connectivity index (χ2n) is 6.38. The Morgan fingerprint density at radius 2 is 2.27 bits per heavy atom. The number of likely N-dealkylation sites (tertiary alicyclic amines) is 1. The Kier molecular flexibility index (Phi) is 4.22. The number of nitrogens with zero attached hydrogens (tertiary/aromatic N) is 5. The first-order chi connectivity index (χ1) is 10.6. The average Bonchev–Trinajstić information content (AvgIpc) is 2.99. The van der Waals surface area contributed by atoms with E-state index in [0.717, 1.165) is 31.5 Å². The second kappa shape index (κ2) is 6.14. The zero-order chi connectivity index (χ0) is 15.6. The van der Waals surface area contributed by atoms with Crippen LogP contribution >= 0.6 is 0 Å². The minimum absolute atomic E-state index is 0.250. The van der Waals surface area contributed by atoms with Gasteiger partial charge in [-0.3, -0.25) is 9.88 Å². The summed E-state index contributed by atoms with van der Waals surface area (Å²) in [6, 6.07) is 4.26. The van der Waals surface area contributed by atoms with Crippen LogP contribution in [-0.2, 0) is 12.1 Å². The molecule has 0 aliphatic carbocycles. The highest BCUT2D eigenvalue weighted by atomic mass is 16.3. The summed E-state index contributed by atoms with van der Waals surface area (Å²) in [5.74, 6) is 0. The topological polar surface area (TPSA) is 67.1 Å². The first kappa shape index (κ1) is 15.1. The van der Waals surface area contributed by atoms with E-state index in [9.17, 15) is 5.11 Å². The molecule has 1 fully saturated rings. The number of piperidine rings is 1. The summed E-state index contributed by atoms with van der Waals surface area (Å²) >= 11 is 0. The fourth-order valence-corrected chi connectivity index (χ4v) is 2.96. The van der Waals surface area contributed by atoms with Gasteiger partial charge in [0.15, 0.2) is 0 Å². The highest BCUT2D eigenvalue weighted by molar-refractivity contribution is 5.12. The van der Waals surface area contributed by atoms with Crippen molar-refractivity contribution in [3.8, 4) is 0 Å². The summed E-state index contributed by atoms with van der Waals surface area (Å²) < 4.78 is 1.80. The number of rotatable bonds is 4. The molecule has 22 heavy (non-hydrogen) atoms. The van der Waals surface area contributed by atoms with Crippen LogP contribution in [0.2, 0.25) is 0 Å². The molecule has 1 unspecified atom stereocenters. The van der Waals surface area contributed by atoms with Gasteiger partial charge in [0.2, 0.25) is 0 Å². The van der Waals surface area contributed by atoms with Crippen LogP contribution < -0.4 is 0 Å². The first-order valence-electron chi connectivity index (χ1n) is 7.83. The van der Waals surface area contributed by atoms with E-state index in [1.165, 1.54) is 0 Å². The molecule has 6 heteroatoms. The van der Waals surface area contributed by atoms with Gasteiger partial charge in [-0.2, -0.15) is 0 Å². The average molecular weight is 301 g/mol. The monoisotopic (exact) mass is 301 g/mol. The van der Waals surface area contributed by atoms with E-state index in [0.29, 0.717) is 12.2 Å². The van der Waals surface area contributed by atoms with Crippen LogP contribution in [0.1, 0.15) is 44.0 Å². The summed E-state index contributed by atoms with van der Waals surface area (Å²) in [6.07, 6.45) is 7.21. The maximum absolute atomic E-state index is 11.0. The molecule has 0 bridgehead atoms. The van der Waals surface area contributed by atoms with E-state index in [2.05, 4.69) is 40.1 Å². The van der Waals surface area contributed by atoms with Crippen molar-refractivity contribution in [2.75, 3.05) is 13.1 Å². The molecule has 0 aromatic carbocycles. The molecule has 3 rings (SSSR count). The molecule has 3 heterocycles. The molecular weight excluding hydrogens is 278 g/mol. The van der Waals surface area contributed by atoms with Gasteiger partial charge in [-0.05, 0) is 44.9 Å². The molecule has 118 valence electrons. The minimum atomic E-state index is -0.909. The fourth-order valence-electron chi connectivity index (χ4n) is 2.96. The summed E-state index contributed by atoms with van der Waals surface area (Å²) in [7, 11) is 0. The molecule has 1 atom stereocenters. The zero-order valence-electron chi connectivity index (χ0n) is 13.2. The number of hydrogen-bond donors (Lipinski definition) is 1. The molecule has 0 amide bonds. The largest absolute Gasteiger partial charge is 0.382 e. The van der Waals surface area contributed by atoms with Crippen LogP contribution in [0.4, 0.5) is 0 Å². The quantitative estimate of drug-likeness (QED) is 0.931. The summed E-state index contributed by atoms with van der Waals surface area (Å²) in [4.78, 5) is 6.41.